The Morgan fingerprint density at radius 2 is 1.00 bits per heavy atom. The lowest BCUT2D eigenvalue weighted by molar-refractivity contribution is -0.153. The lowest BCUT2D eigenvalue weighted by Crippen LogP contribution is -2.33. The minimum Gasteiger partial charge on any atom is -0.444 e. The molecule has 2 saturated carbocycles. The molecular weight excluding hydrogens is 436 g/mol. The number of hydrogen-bond donors (Lipinski definition) is 2. The molecule has 0 aromatic heterocycles. The van der Waals surface area contributed by atoms with Crippen molar-refractivity contribution < 1.29 is 28.7 Å². The molecule has 34 heavy (non-hydrogen) atoms. The molecule has 4 rings (SSSR count). The van der Waals surface area contributed by atoms with E-state index in [-0.39, 0.29) is 12.1 Å². The van der Waals surface area contributed by atoms with Crippen molar-refractivity contribution in [3.63, 3.8) is 0 Å². The van der Waals surface area contributed by atoms with Crippen molar-refractivity contribution in [3.8, 4) is 0 Å². The average molecular weight is 463 g/mol. The second kappa shape index (κ2) is 10.8. The molecule has 0 bridgehead atoms. The maximum absolute atomic E-state index is 12.6. The van der Waals surface area contributed by atoms with Gasteiger partial charge in [0.25, 0.3) is 11.8 Å². The van der Waals surface area contributed by atoms with Crippen molar-refractivity contribution in [3.05, 3.63) is 83.9 Å². The van der Waals surface area contributed by atoms with E-state index in [1.807, 2.05) is 0 Å². The van der Waals surface area contributed by atoms with Gasteiger partial charge in [0.05, 0.1) is 0 Å². The fourth-order valence-corrected chi connectivity index (χ4v) is 3.26. The van der Waals surface area contributed by atoms with Gasteiger partial charge in [0.15, 0.2) is 0 Å². The molecule has 0 radical (unpaired) electrons. The van der Waals surface area contributed by atoms with Crippen molar-refractivity contribution in [1.29, 1.82) is 0 Å². The molecule has 2 N–H and O–H groups in total. The molecule has 2 aromatic rings. The SMILES string of the molecule is O=C(/C=C/C(=O)OC(C(=O)NC1CC1)c1ccccc1)OC(C(=O)NC1CC1)c1ccccc1. The Morgan fingerprint density at radius 1 is 0.647 bits per heavy atom. The topological polar surface area (TPSA) is 111 Å². The first-order valence-corrected chi connectivity index (χ1v) is 11.3. The fraction of sp³-hybridized carbons (Fsp3) is 0.308. The highest BCUT2D eigenvalue weighted by atomic mass is 16.6. The molecule has 0 saturated heterocycles. The number of carbonyl (C=O) groups excluding carboxylic acids is 4. The van der Waals surface area contributed by atoms with Crippen LogP contribution in [0.15, 0.2) is 72.8 Å². The van der Waals surface area contributed by atoms with Crippen LogP contribution in [0.5, 0.6) is 0 Å². The number of carbonyl (C=O) groups is 4. The van der Waals surface area contributed by atoms with E-state index >= 15 is 0 Å². The van der Waals surface area contributed by atoms with Crippen LogP contribution in [0.4, 0.5) is 0 Å². The average Bonchev–Trinajstić information content (AvgIpc) is 3.78. The molecule has 0 heterocycles. The number of benzene rings is 2. The van der Waals surface area contributed by atoms with Crippen molar-refractivity contribution >= 4 is 23.8 Å². The Kier molecular flexibility index (Phi) is 7.37. The van der Waals surface area contributed by atoms with Gasteiger partial charge in [-0.2, -0.15) is 0 Å². The summed E-state index contributed by atoms with van der Waals surface area (Å²) in [6.07, 6.45) is 3.07. The van der Waals surface area contributed by atoms with E-state index in [1.165, 1.54) is 0 Å². The summed E-state index contributed by atoms with van der Waals surface area (Å²) < 4.78 is 10.7. The molecule has 2 amide bonds. The zero-order chi connectivity index (χ0) is 23.9. The van der Waals surface area contributed by atoms with Gasteiger partial charge in [-0.15, -0.1) is 0 Å². The van der Waals surface area contributed by atoms with Crippen molar-refractivity contribution in [2.24, 2.45) is 0 Å². The van der Waals surface area contributed by atoms with E-state index in [9.17, 15) is 19.2 Å². The first-order chi connectivity index (χ1) is 16.5. The summed E-state index contributed by atoms with van der Waals surface area (Å²) in [6.45, 7) is 0. The number of hydrogen-bond acceptors (Lipinski definition) is 6. The molecule has 0 aliphatic heterocycles. The normalized spacial score (nSPS) is 16.8. The van der Waals surface area contributed by atoms with Crippen LogP contribution < -0.4 is 10.6 Å². The molecule has 2 aliphatic rings. The predicted molar refractivity (Wildman–Crippen MR) is 122 cm³/mol. The molecule has 2 fully saturated rings. The van der Waals surface area contributed by atoms with Gasteiger partial charge in [0.1, 0.15) is 0 Å². The molecule has 8 nitrogen and oxygen atoms in total. The third-order valence-electron chi connectivity index (χ3n) is 5.35. The van der Waals surface area contributed by atoms with E-state index in [4.69, 9.17) is 9.47 Å². The first-order valence-electron chi connectivity index (χ1n) is 11.3. The summed E-state index contributed by atoms with van der Waals surface area (Å²) in [5.41, 5.74) is 1.04. The van der Waals surface area contributed by atoms with Gasteiger partial charge in [0.2, 0.25) is 12.2 Å². The highest BCUT2D eigenvalue weighted by Crippen LogP contribution is 2.24. The molecule has 8 heteroatoms. The minimum absolute atomic E-state index is 0.0969. The summed E-state index contributed by atoms with van der Waals surface area (Å²) in [4.78, 5) is 50.0. The van der Waals surface area contributed by atoms with Crippen LogP contribution in [0.3, 0.4) is 0 Å². The third kappa shape index (κ3) is 6.78. The summed E-state index contributed by atoms with van der Waals surface area (Å²) in [6, 6.07) is 17.5. The van der Waals surface area contributed by atoms with Crippen molar-refractivity contribution in [2.75, 3.05) is 0 Å². The van der Waals surface area contributed by atoms with E-state index in [1.54, 1.807) is 60.7 Å². The molecule has 2 unspecified atom stereocenters. The second-order valence-corrected chi connectivity index (χ2v) is 8.35. The summed E-state index contributed by atoms with van der Waals surface area (Å²) >= 11 is 0. The van der Waals surface area contributed by atoms with Crippen LogP contribution in [-0.2, 0) is 28.7 Å². The zero-order valence-corrected chi connectivity index (χ0v) is 18.5. The number of nitrogens with one attached hydrogen (secondary N) is 2. The summed E-state index contributed by atoms with van der Waals surface area (Å²) in [7, 11) is 0. The maximum atomic E-state index is 12.6. The summed E-state index contributed by atoms with van der Waals surface area (Å²) in [5, 5.41) is 5.65. The van der Waals surface area contributed by atoms with Gasteiger partial charge in [0, 0.05) is 35.4 Å². The predicted octanol–water partition coefficient (Wildman–Crippen LogP) is 2.67. The van der Waals surface area contributed by atoms with E-state index in [0.29, 0.717) is 11.1 Å². The van der Waals surface area contributed by atoms with Crippen LogP contribution in [0.1, 0.15) is 49.0 Å². The molecular formula is C26H26N2O6. The smallest absolute Gasteiger partial charge is 0.332 e. The zero-order valence-electron chi connectivity index (χ0n) is 18.5. The van der Waals surface area contributed by atoms with Gasteiger partial charge in [-0.1, -0.05) is 60.7 Å². The van der Waals surface area contributed by atoms with Gasteiger partial charge in [-0.05, 0) is 25.7 Å². The standard InChI is InChI=1S/C26H26N2O6/c29-21(33-23(17-7-3-1-4-8-17)25(31)27-19-11-12-19)15-16-22(30)34-24(18-9-5-2-6-10-18)26(32)28-20-13-14-20/h1-10,15-16,19-20,23-24H,11-14H2,(H,27,31)(H,28,32)/b16-15+. The third-order valence-corrected chi connectivity index (χ3v) is 5.35. The quantitative estimate of drug-likeness (QED) is 0.415. The highest BCUT2D eigenvalue weighted by Gasteiger charge is 2.32. The molecule has 2 aliphatic carbocycles. The van der Waals surface area contributed by atoms with Gasteiger partial charge in [-0.25, -0.2) is 9.59 Å². The number of esters is 2. The highest BCUT2D eigenvalue weighted by molar-refractivity contribution is 5.95. The maximum Gasteiger partial charge on any atom is 0.332 e. The summed E-state index contributed by atoms with van der Waals surface area (Å²) in [5.74, 6) is -2.59. The van der Waals surface area contributed by atoms with Crippen molar-refractivity contribution in [1.82, 2.24) is 10.6 Å². The second-order valence-electron chi connectivity index (χ2n) is 8.35. The molecule has 176 valence electrons. The number of amides is 2. The number of rotatable bonds is 10. The van der Waals surface area contributed by atoms with E-state index in [0.717, 1.165) is 37.8 Å². The lowest BCUT2D eigenvalue weighted by Gasteiger charge is -2.17. The Balaban J connectivity index is 1.39. The monoisotopic (exact) mass is 462 g/mol. The first kappa shape index (κ1) is 23.2. The van der Waals surface area contributed by atoms with E-state index < -0.39 is 36.0 Å². The van der Waals surface area contributed by atoms with E-state index in [2.05, 4.69) is 10.6 Å². The molecule has 2 atom stereocenters. The Hall–Kier alpha value is -3.94. The van der Waals surface area contributed by atoms with Gasteiger partial charge >= 0.3 is 11.9 Å². The molecule has 0 spiro atoms. The van der Waals surface area contributed by atoms with Crippen LogP contribution in [0, 0.1) is 0 Å². The Bertz CT molecular complexity index is 976. The lowest BCUT2D eigenvalue weighted by atomic mass is 10.1. The van der Waals surface area contributed by atoms with Crippen LogP contribution >= 0.6 is 0 Å². The number of ether oxygens (including phenoxy) is 2. The van der Waals surface area contributed by atoms with Gasteiger partial charge in [-0.3, -0.25) is 9.59 Å². The van der Waals surface area contributed by atoms with Crippen molar-refractivity contribution in [2.45, 2.75) is 50.0 Å². The van der Waals surface area contributed by atoms with Gasteiger partial charge < -0.3 is 20.1 Å². The largest absolute Gasteiger partial charge is 0.444 e. The van der Waals surface area contributed by atoms with Crippen LogP contribution in [-0.4, -0.2) is 35.8 Å². The minimum atomic E-state index is -1.14. The van der Waals surface area contributed by atoms with Crippen LogP contribution in [0.2, 0.25) is 0 Å². The molecule has 2 aromatic carbocycles. The Morgan fingerprint density at radius 3 is 1.32 bits per heavy atom. The fourth-order valence-electron chi connectivity index (χ4n) is 3.26. The Labute approximate surface area is 197 Å². The van der Waals surface area contributed by atoms with Crippen LogP contribution in [0.25, 0.3) is 0 Å².